The number of hydrogen-bond donors (Lipinski definition) is 0. The van der Waals surface area contributed by atoms with Crippen molar-refractivity contribution in [1.29, 1.82) is 0 Å². The highest BCUT2D eigenvalue weighted by Crippen LogP contribution is 2.51. The fourth-order valence-corrected chi connectivity index (χ4v) is 8.87. The van der Waals surface area contributed by atoms with Gasteiger partial charge in [-0.15, -0.1) is 8.78 Å². The van der Waals surface area contributed by atoms with Gasteiger partial charge in [-0.3, -0.25) is 4.79 Å². The minimum absolute atomic E-state index is 0.00231. The van der Waals surface area contributed by atoms with Gasteiger partial charge < -0.3 is 0 Å². The summed E-state index contributed by atoms with van der Waals surface area (Å²) in [6, 6.07) is 0. The molecule has 2 bridgehead atoms. The Hall–Kier alpha value is -0.280. The first-order chi connectivity index (χ1) is 11.3. The smallest absolute Gasteiger partial charge is 0.294 e. The topological polar surface area (TPSA) is 60.4 Å². The van der Waals surface area contributed by atoms with Crippen molar-refractivity contribution in [2.45, 2.75) is 61.2 Å². The Labute approximate surface area is 142 Å². The van der Waals surface area contributed by atoms with Crippen LogP contribution in [0.15, 0.2) is 0 Å². The van der Waals surface area contributed by atoms with E-state index in [0.717, 1.165) is 25.7 Å². The molecule has 4 nitrogen and oxygen atoms in total. The normalized spacial score (nSPS) is 35.4. The van der Waals surface area contributed by atoms with Gasteiger partial charge in [0, 0.05) is 18.8 Å². The van der Waals surface area contributed by atoms with Crippen LogP contribution in [0.1, 0.15) is 51.4 Å². The number of Topliss-reactive ketones (excluding diaryl/α,β-unsaturated/α-hetero) is 1. The number of halogens is 3. The zero-order valence-corrected chi connectivity index (χ0v) is 14.9. The molecule has 0 radical (unpaired) electrons. The molecule has 138 valence electrons. The van der Waals surface area contributed by atoms with E-state index < -0.39 is 30.8 Å². The summed E-state index contributed by atoms with van der Waals surface area (Å²) in [6.07, 6.45) is 5.57. The van der Waals surface area contributed by atoms with Gasteiger partial charge in [-0.2, -0.15) is 8.42 Å². The molecule has 3 fully saturated rings. The van der Waals surface area contributed by atoms with E-state index >= 15 is 0 Å². The van der Waals surface area contributed by atoms with Crippen LogP contribution >= 0.6 is 0 Å². The maximum atomic E-state index is 14.6. The lowest BCUT2D eigenvalue weighted by atomic mass is 9.90. The van der Waals surface area contributed by atoms with Gasteiger partial charge in [0.2, 0.25) is 0 Å². The molecule has 0 aromatic heterocycles. The van der Waals surface area contributed by atoms with Crippen LogP contribution in [0.4, 0.5) is 13.3 Å². The van der Waals surface area contributed by atoms with E-state index in [1.54, 1.807) is 0 Å². The summed E-state index contributed by atoms with van der Waals surface area (Å²) in [5.41, 5.74) is 0. The fourth-order valence-electron chi connectivity index (χ4n) is 4.61. The first kappa shape index (κ1) is 18.5. The molecule has 3 aliphatic carbocycles. The Balaban J connectivity index is 1.87. The molecule has 5 unspecified atom stereocenters. The van der Waals surface area contributed by atoms with Crippen molar-refractivity contribution in [3.63, 3.8) is 0 Å². The monoisotopic (exact) mass is 387 g/mol. The molecule has 24 heavy (non-hydrogen) atoms. The second-order valence-corrected chi connectivity index (χ2v) is 11.3. The van der Waals surface area contributed by atoms with E-state index in [4.69, 9.17) is 0 Å². The molecule has 0 amide bonds. The quantitative estimate of drug-likeness (QED) is 0.656. The third-order valence-corrected chi connectivity index (χ3v) is 10.4. The molecule has 0 spiro atoms. The number of hydrogen-bond acceptors (Lipinski definition) is 4. The minimum Gasteiger partial charge on any atom is -0.294 e. The summed E-state index contributed by atoms with van der Waals surface area (Å²) >= 11 is 0. The predicted octanol–water partition coefficient (Wildman–Crippen LogP) is 3.33. The van der Waals surface area contributed by atoms with Crippen LogP contribution in [0.2, 0.25) is 0 Å². The number of rotatable bonds is 6. The van der Waals surface area contributed by atoms with E-state index in [-0.39, 0.29) is 30.3 Å². The third kappa shape index (κ3) is 3.23. The second kappa shape index (κ2) is 6.79. The average Bonchev–Trinajstić information content (AvgIpc) is 3.16. The molecular formula is C15H22F3O4S2+. The Kier molecular flexibility index (Phi) is 5.24. The third-order valence-electron chi connectivity index (χ3n) is 5.80. The minimum atomic E-state index is -5.66. The molecule has 3 aliphatic rings. The number of ketones is 1. The first-order valence-corrected chi connectivity index (χ1v) is 11.3. The van der Waals surface area contributed by atoms with Gasteiger partial charge in [-0.25, -0.2) is 0 Å². The van der Waals surface area contributed by atoms with Gasteiger partial charge in [-0.05, 0) is 48.5 Å². The highest BCUT2D eigenvalue weighted by atomic mass is 32.3. The van der Waals surface area contributed by atoms with Gasteiger partial charge in [0.15, 0.2) is 11.0 Å². The molecule has 5 atom stereocenters. The lowest BCUT2D eigenvalue weighted by Crippen LogP contribution is -2.50. The van der Waals surface area contributed by atoms with Crippen molar-refractivity contribution in [1.82, 2.24) is 0 Å². The summed E-state index contributed by atoms with van der Waals surface area (Å²) in [5, 5.41) is -1.00. The average molecular weight is 387 g/mol. The Morgan fingerprint density at radius 3 is 2.46 bits per heavy atom. The Bertz CT molecular complexity index is 596. The van der Waals surface area contributed by atoms with Gasteiger partial charge in [-0.1, -0.05) is 10.8 Å². The summed E-state index contributed by atoms with van der Waals surface area (Å²) in [6.45, 7) is 0. The zero-order chi connectivity index (χ0) is 17.5. The Morgan fingerprint density at radius 2 is 1.92 bits per heavy atom. The van der Waals surface area contributed by atoms with E-state index in [1.807, 2.05) is 0 Å². The van der Waals surface area contributed by atoms with E-state index in [2.05, 4.69) is 4.39 Å². The fraction of sp³-hybridized carbons (Fsp3) is 0.933. The van der Waals surface area contributed by atoms with E-state index in [0.29, 0.717) is 24.7 Å². The van der Waals surface area contributed by atoms with Crippen molar-refractivity contribution < 1.29 is 30.9 Å². The van der Waals surface area contributed by atoms with Gasteiger partial charge in [0.05, 0.1) is 10.9 Å². The first-order valence-electron chi connectivity index (χ1n) is 8.41. The van der Waals surface area contributed by atoms with Crippen molar-refractivity contribution in [2.24, 2.45) is 17.8 Å². The predicted molar refractivity (Wildman–Crippen MR) is 84.5 cm³/mol. The van der Waals surface area contributed by atoms with Crippen LogP contribution in [-0.4, -0.2) is 29.8 Å². The molecule has 9 heteroatoms. The lowest BCUT2D eigenvalue weighted by Gasteiger charge is -2.29. The number of alkyl halides is 2. The van der Waals surface area contributed by atoms with Crippen molar-refractivity contribution >= 4 is 26.8 Å². The largest absolute Gasteiger partial charge is 0.542 e. The maximum Gasteiger partial charge on any atom is 0.542 e. The highest BCUT2D eigenvalue weighted by Gasteiger charge is 2.68. The van der Waals surface area contributed by atoms with Crippen LogP contribution < -0.4 is 0 Å². The molecule has 3 rings (SSSR count). The zero-order valence-electron chi connectivity index (χ0n) is 13.3. The number of fused-ring (bicyclic) bond motifs is 2. The van der Waals surface area contributed by atoms with E-state index in [1.165, 1.54) is 0 Å². The summed E-state index contributed by atoms with van der Waals surface area (Å²) in [7, 11) is -7.71. The summed E-state index contributed by atoms with van der Waals surface area (Å²) < 4.78 is 62.8. The highest BCUT2D eigenvalue weighted by molar-refractivity contribution is 8.11. The van der Waals surface area contributed by atoms with Gasteiger partial charge in [0.1, 0.15) is 5.75 Å². The van der Waals surface area contributed by atoms with Crippen LogP contribution in [0, 0.1) is 17.8 Å². The van der Waals surface area contributed by atoms with Crippen molar-refractivity contribution in [2.75, 3.05) is 5.75 Å². The van der Waals surface area contributed by atoms with Crippen molar-refractivity contribution in [3.8, 4) is 0 Å². The summed E-state index contributed by atoms with van der Waals surface area (Å²) in [5.74, 6) is 0.514. The molecule has 0 aliphatic heterocycles. The Morgan fingerprint density at radius 1 is 1.17 bits per heavy atom. The second-order valence-electron chi connectivity index (χ2n) is 7.21. The van der Waals surface area contributed by atoms with Crippen molar-refractivity contribution in [3.05, 3.63) is 0 Å². The van der Waals surface area contributed by atoms with Gasteiger partial charge >= 0.3 is 14.7 Å². The maximum absolute atomic E-state index is 14.6. The molecule has 0 saturated heterocycles. The molecule has 3 saturated carbocycles. The van der Waals surface area contributed by atoms with Crippen LogP contribution in [0.3, 0.4) is 0 Å². The van der Waals surface area contributed by atoms with Crippen LogP contribution in [-0.2, 0) is 30.2 Å². The molecule has 0 N–H and O–H groups in total. The number of carbonyl (C=O) groups excluding carboxylic acids is 1. The molecule has 0 aromatic carbocycles. The van der Waals surface area contributed by atoms with Crippen LogP contribution in [0.25, 0.3) is 0 Å². The molecule has 0 heterocycles. The van der Waals surface area contributed by atoms with Gasteiger partial charge in [0.25, 0.3) is 0 Å². The summed E-state index contributed by atoms with van der Waals surface area (Å²) in [4.78, 5) is 12.2. The SMILES string of the molecule is O=C1CCCCC1[S+](CC1CC2CCC1C2)C(F)(F)S(=O)(=O)OF. The number of carbonyl (C=O) groups is 1. The molecule has 0 aromatic rings. The molecular weight excluding hydrogens is 365 g/mol. The lowest BCUT2D eigenvalue weighted by molar-refractivity contribution is -0.119. The standard InChI is InChI=1S/C15H22F3O4S2/c16-15(17,24(20,21)22-18)23(14-4-2-1-3-13(14)19)9-12-8-10-5-6-11(12)7-10/h10-12,14H,1-9H2/q+1. The van der Waals surface area contributed by atoms with Crippen LogP contribution in [0.5, 0.6) is 0 Å². The van der Waals surface area contributed by atoms with E-state index in [9.17, 15) is 26.5 Å².